The third kappa shape index (κ3) is 4.20. The summed E-state index contributed by atoms with van der Waals surface area (Å²) in [7, 11) is 3.05. The van der Waals surface area contributed by atoms with E-state index in [1.165, 1.54) is 7.05 Å². The first-order valence-corrected chi connectivity index (χ1v) is 8.70. The van der Waals surface area contributed by atoms with Gasteiger partial charge in [-0.3, -0.25) is 4.79 Å². The second kappa shape index (κ2) is 8.39. The summed E-state index contributed by atoms with van der Waals surface area (Å²) in [5, 5.41) is 7.00. The van der Waals surface area contributed by atoms with Crippen LogP contribution in [0.3, 0.4) is 0 Å². The van der Waals surface area contributed by atoms with Crippen molar-refractivity contribution in [3.8, 4) is 22.7 Å². The molecule has 0 aliphatic carbocycles. The second-order valence-electron chi connectivity index (χ2n) is 6.15. The average Bonchev–Trinajstić information content (AvgIpc) is 3.17. The number of likely N-dealkylation sites (N-methyl/N-ethyl adjacent to an activating group) is 1. The summed E-state index contributed by atoms with van der Waals surface area (Å²) in [5.41, 5.74) is 3.34. The van der Waals surface area contributed by atoms with Gasteiger partial charge in [0.25, 0.3) is 5.91 Å². The number of aryl methyl sites for hydroxylation is 1. The molecule has 0 aliphatic rings. The Bertz CT molecular complexity index is 993. The molecule has 144 valence electrons. The Hall–Kier alpha value is -3.61. The fourth-order valence-electron chi connectivity index (χ4n) is 2.62. The molecule has 0 saturated carbocycles. The van der Waals surface area contributed by atoms with E-state index in [9.17, 15) is 9.59 Å². The van der Waals surface area contributed by atoms with Crippen LogP contribution in [-0.2, 0) is 9.53 Å². The monoisotopic (exact) mass is 379 g/mol. The summed E-state index contributed by atoms with van der Waals surface area (Å²) in [6, 6.07) is 15.0. The number of esters is 1. The van der Waals surface area contributed by atoms with Crippen molar-refractivity contribution in [1.82, 2.24) is 15.1 Å². The smallest absolute Gasteiger partial charge is 0.342 e. The number of nitrogens with one attached hydrogen (secondary N) is 1. The van der Waals surface area contributed by atoms with E-state index in [-0.39, 0.29) is 18.1 Å². The SMILES string of the molecule is CNC(=O)COC(=O)c1cn(-c2ccc(C)cc2)nc1-c1cccc(OC)c1. The topological polar surface area (TPSA) is 82.5 Å². The molecule has 3 rings (SSSR count). The van der Waals surface area contributed by atoms with Gasteiger partial charge in [0.1, 0.15) is 17.0 Å². The summed E-state index contributed by atoms with van der Waals surface area (Å²) in [5.74, 6) is -0.367. The van der Waals surface area contributed by atoms with Crippen molar-refractivity contribution in [3.63, 3.8) is 0 Å². The third-order valence-corrected chi connectivity index (χ3v) is 4.19. The first-order chi connectivity index (χ1) is 13.5. The van der Waals surface area contributed by atoms with Gasteiger partial charge in [-0.2, -0.15) is 5.10 Å². The lowest BCUT2D eigenvalue weighted by Crippen LogP contribution is -2.25. The van der Waals surface area contributed by atoms with Gasteiger partial charge in [-0.25, -0.2) is 9.48 Å². The zero-order chi connectivity index (χ0) is 20.1. The first-order valence-electron chi connectivity index (χ1n) is 8.70. The number of aromatic nitrogens is 2. The van der Waals surface area contributed by atoms with Crippen LogP contribution in [0.5, 0.6) is 5.75 Å². The van der Waals surface area contributed by atoms with Crippen LogP contribution in [0.4, 0.5) is 0 Å². The molecule has 0 unspecified atom stereocenters. The highest BCUT2D eigenvalue weighted by Crippen LogP contribution is 2.27. The number of carbonyl (C=O) groups is 2. The van der Waals surface area contributed by atoms with Crippen LogP contribution >= 0.6 is 0 Å². The zero-order valence-corrected chi connectivity index (χ0v) is 15.9. The van der Waals surface area contributed by atoms with Crippen molar-refractivity contribution in [2.24, 2.45) is 0 Å². The number of ether oxygens (including phenoxy) is 2. The quantitative estimate of drug-likeness (QED) is 0.666. The first kappa shape index (κ1) is 19.2. The molecule has 0 aliphatic heterocycles. The predicted octanol–water partition coefficient (Wildman–Crippen LogP) is 2.76. The number of amides is 1. The second-order valence-corrected chi connectivity index (χ2v) is 6.15. The molecule has 7 nitrogen and oxygen atoms in total. The lowest BCUT2D eigenvalue weighted by molar-refractivity contribution is -0.123. The zero-order valence-electron chi connectivity index (χ0n) is 15.9. The van der Waals surface area contributed by atoms with E-state index in [1.807, 2.05) is 49.4 Å². The van der Waals surface area contributed by atoms with Crippen molar-refractivity contribution < 1.29 is 19.1 Å². The molecule has 1 amide bonds. The van der Waals surface area contributed by atoms with Crippen molar-refractivity contribution in [3.05, 3.63) is 65.9 Å². The lowest BCUT2D eigenvalue weighted by Gasteiger charge is -2.05. The van der Waals surface area contributed by atoms with Gasteiger partial charge < -0.3 is 14.8 Å². The van der Waals surface area contributed by atoms with E-state index < -0.39 is 5.97 Å². The molecule has 0 radical (unpaired) electrons. The van der Waals surface area contributed by atoms with Gasteiger partial charge in [-0.15, -0.1) is 0 Å². The van der Waals surface area contributed by atoms with Gasteiger partial charge in [-0.05, 0) is 31.2 Å². The molecule has 7 heteroatoms. The summed E-state index contributed by atoms with van der Waals surface area (Å²) in [6.07, 6.45) is 1.60. The van der Waals surface area contributed by atoms with E-state index in [2.05, 4.69) is 10.4 Å². The molecule has 1 heterocycles. The Kier molecular flexibility index (Phi) is 5.74. The van der Waals surface area contributed by atoms with Crippen LogP contribution < -0.4 is 10.1 Å². The molecule has 1 N–H and O–H groups in total. The average molecular weight is 379 g/mol. The number of methoxy groups -OCH3 is 1. The van der Waals surface area contributed by atoms with Crippen molar-refractivity contribution in [1.29, 1.82) is 0 Å². The standard InChI is InChI=1S/C21H21N3O4/c1-14-7-9-16(10-8-14)24-12-18(21(26)28-13-19(25)22-2)20(23-24)15-5-4-6-17(11-15)27-3/h4-12H,13H2,1-3H3,(H,22,25). The Labute approximate surface area is 162 Å². The Balaban J connectivity index is 2.03. The summed E-state index contributed by atoms with van der Waals surface area (Å²) < 4.78 is 12.0. The maximum Gasteiger partial charge on any atom is 0.342 e. The van der Waals surface area contributed by atoms with E-state index >= 15 is 0 Å². The number of nitrogens with zero attached hydrogens (tertiary/aromatic N) is 2. The van der Waals surface area contributed by atoms with E-state index in [0.717, 1.165) is 11.3 Å². The highest BCUT2D eigenvalue weighted by Gasteiger charge is 2.21. The van der Waals surface area contributed by atoms with Crippen LogP contribution in [0.25, 0.3) is 16.9 Å². The van der Waals surface area contributed by atoms with Crippen LogP contribution in [-0.4, -0.2) is 42.4 Å². The molecule has 28 heavy (non-hydrogen) atoms. The minimum Gasteiger partial charge on any atom is -0.497 e. The number of hydrogen-bond acceptors (Lipinski definition) is 5. The lowest BCUT2D eigenvalue weighted by atomic mass is 10.1. The van der Waals surface area contributed by atoms with E-state index in [4.69, 9.17) is 9.47 Å². The maximum atomic E-state index is 12.6. The van der Waals surface area contributed by atoms with Gasteiger partial charge >= 0.3 is 5.97 Å². The summed E-state index contributed by atoms with van der Waals surface area (Å²) in [6.45, 7) is 1.64. The van der Waals surface area contributed by atoms with Gasteiger partial charge in [0.15, 0.2) is 6.61 Å². The van der Waals surface area contributed by atoms with Crippen molar-refractivity contribution in [2.45, 2.75) is 6.92 Å². The molecule has 0 saturated heterocycles. The van der Waals surface area contributed by atoms with Crippen molar-refractivity contribution >= 4 is 11.9 Å². The van der Waals surface area contributed by atoms with Crippen molar-refractivity contribution in [2.75, 3.05) is 20.8 Å². The van der Waals surface area contributed by atoms with Crippen LogP contribution in [0.1, 0.15) is 15.9 Å². The molecule has 3 aromatic rings. The van der Waals surface area contributed by atoms with Crippen LogP contribution in [0, 0.1) is 6.92 Å². The van der Waals surface area contributed by atoms with Gasteiger partial charge in [0.05, 0.1) is 12.8 Å². The number of rotatable bonds is 6. The van der Waals surface area contributed by atoms with Crippen LogP contribution in [0.2, 0.25) is 0 Å². The van der Waals surface area contributed by atoms with E-state index in [0.29, 0.717) is 17.0 Å². The van der Waals surface area contributed by atoms with E-state index in [1.54, 1.807) is 24.1 Å². The third-order valence-electron chi connectivity index (χ3n) is 4.19. The predicted molar refractivity (Wildman–Crippen MR) is 105 cm³/mol. The highest BCUT2D eigenvalue weighted by molar-refractivity contribution is 5.97. The fraction of sp³-hybridized carbons (Fsp3) is 0.190. The maximum absolute atomic E-state index is 12.6. The Morgan fingerprint density at radius 3 is 2.57 bits per heavy atom. The Morgan fingerprint density at radius 1 is 1.14 bits per heavy atom. The normalized spacial score (nSPS) is 10.4. The number of benzene rings is 2. The Morgan fingerprint density at radius 2 is 1.89 bits per heavy atom. The molecule has 1 aromatic heterocycles. The molecular weight excluding hydrogens is 358 g/mol. The fourth-order valence-corrected chi connectivity index (χ4v) is 2.62. The van der Waals surface area contributed by atoms with Gasteiger partial charge in [-0.1, -0.05) is 29.8 Å². The highest BCUT2D eigenvalue weighted by atomic mass is 16.5. The summed E-state index contributed by atoms with van der Waals surface area (Å²) >= 11 is 0. The largest absolute Gasteiger partial charge is 0.497 e. The minimum atomic E-state index is -0.625. The molecule has 2 aromatic carbocycles. The van der Waals surface area contributed by atoms with Gasteiger partial charge in [0.2, 0.25) is 0 Å². The minimum absolute atomic E-state index is 0.262. The molecule has 0 fully saturated rings. The van der Waals surface area contributed by atoms with Gasteiger partial charge in [0, 0.05) is 18.8 Å². The molecule has 0 spiro atoms. The number of carbonyl (C=O) groups excluding carboxylic acids is 2. The molecular formula is C21H21N3O4. The number of hydrogen-bond donors (Lipinski definition) is 1. The molecule has 0 atom stereocenters. The van der Waals surface area contributed by atoms with Crippen LogP contribution in [0.15, 0.2) is 54.7 Å². The molecule has 0 bridgehead atoms. The summed E-state index contributed by atoms with van der Waals surface area (Å²) in [4.78, 5) is 24.0.